The Morgan fingerprint density at radius 3 is 3.00 bits per heavy atom. The second-order valence-corrected chi connectivity index (χ2v) is 5.43. The maximum atomic E-state index is 11.8. The lowest BCUT2D eigenvalue weighted by molar-refractivity contribution is 0.0822. The highest BCUT2D eigenvalue weighted by Crippen LogP contribution is 2.28. The van der Waals surface area contributed by atoms with Gasteiger partial charge >= 0.3 is 0 Å². The first kappa shape index (κ1) is 14.8. The smallest absolute Gasteiger partial charge is 0.272 e. The van der Waals surface area contributed by atoms with Gasteiger partial charge in [0.15, 0.2) is 0 Å². The van der Waals surface area contributed by atoms with Crippen molar-refractivity contribution in [2.45, 2.75) is 19.3 Å². The molecular formula is C15H23N3O2. The van der Waals surface area contributed by atoms with Gasteiger partial charge in [0.2, 0.25) is 0 Å². The third kappa shape index (κ3) is 4.81. The predicted molar refractivity (Wildman–Crippen MR) is 78.9 cm³/mol. The molecule has 1 saturated carbocycles. The number of rotatable bonds is 8. The Hall–Kier alpha value is -1.62. The summed E-state index contributed by atoms with van der Waals surface area (Å²) in [6.07, 6.45) is 5.28. The van der Waals surface area contributed by atoms with E-state index in [4.69, 9.17) is 4.74 Å². The fraction of sp³-hybridized carbons (Fsp3) is 0.600. The molecule has 1 heterocycles. The second-order valence-electron chi connectivity index (χ2n) is 5.43. The molecule has 110 valence electrons. The normalized spacial score (nSPS) is 14.1. The minimum Gasteiger partial charge on any atom is -0.385 e. The number of hydrogen-bond acceptors (Lipinski definition) is 4. The molecule has 0 aliphatic heterocycles. The first-order chi connectivity index (χ1) is 9.66. The van der Waals surface area contributed by atoms with Gasteiger partial charge in [0, 0.05) is 45.7 Å². The van der Waals surface area contributed by atoms with E-state index >= 15 is 0 Å². The number of carbonyl (C=O) groups excluding carboxylic acids is 1. The molecule has 5 heteroatoms. The van der Waals surface area contributed by atoms with Gasteiger partial charge in [-0.05, 0) is 37.3 Å². The Morgan fingerprint density at radius 2 is 2.30 bits per heavy atom. The van der Waals surface area contributed by atoms with Gasteiger partial charge in [-0.2, -0.15) is 0 Å². The van der Waals surface area contributed by atoms with Crippen molar-refractivity contribution in [3.8, 4) is 0 Å². The van der Waals surface area contributed by atoms with Crippen LogP contribution >= 0.6 is 0 Å². The summed E-state index contributed by atoms with van der Waals surface area (Å²) >= 11 is 0. The molecule has 0 atom stereocenters. The highest BCUT2D eigenvalue weighted by Gasteiger charge is 2.20. The average molecular weight is 277 g/mol. The van der Waals surface area contributed by atoms with Crippen LogP contribution in [0.15, 0.2) is 18.3 Å². The molecule has 0 bridgehead atoms. The SMILES string of the molecule is CN(C)C(=O)c1cc(NCCCOCC2CC2)ccn1. The standard InChI is InChI=1S/C15H23N3O2/c1-18(2)15(19)14-10-13(6-8-17-14)16-7-3-9-20-11-12-4-5-12/h6,8,10,12H,3-5,7,9,11H2,1-2H3,(H,16,17). The quantitative estimate of drug-likeness (QED) is 0.739. The van der Waals surface area contributed by atoms with Gasteiger partial charge in [-0.25, -0.2) is 0 Å². The zero-order valence-electron chi connectivity index (χ0n) is 12.3. The van der Waals surface area contributed by atoms with E-state index in [1.807, 2.05) is 6.07 Å². The lowest BCUT2D eigenvalue weighted by Crippen LogP contribution is -2.22. The van der Waals surface area contributed by atoms with Gasteiger partial charge in [-0.1, -0.05) is 0 Å². The van der Waals surface area contributed by atoms with Crippen molar-refractivity contribution in [3.05, 3.63) is 24.0 Å². The first-order valence-corrected chi connectivity index (χ1v) is 7.16. The van der Waals surface area contributed by atoms with Crippen LogP contribution in [-0.2, 0) is 4.74 Å². The minimum atomic E-state index is -0.0820. The van der Waals surface area contributed by atoms with E-state index < -0.39 is 0 Å². The van der Waals surface area contributed by atoms with Crippen molar-refractivity contribution in [3.63, 3.8) is 0 Å². The summed E-state index contributed by atoms with van der Waals surface area (Å²) in [7, 11) is 3.45. The lowest BCUT2D eigenvalue weighted by atomic mass is 10.3. The van der Waals surface area contributed by atoms with Crippen LogP contribution in [0.25, 0.3) is 0 Å². The molecule has 2 rings (SSSR count). The largest absolute Gasteiger partial charge is 0.385 e. The Kier molecular flexibility index (Phi) is 5.35. The monoisotopic (exact) mass is 277 g/mol. The van der Waals surface area contributed by atoms with Gasteiger partial charge in [0.05, 0.1) is 0 Å². The number of ether oxygens (including phenoxy) is 1. The molecule has 20 heavy (non-hydrogen) atoms. The van der Waals surface area contributed by atoms with Crippen LogP contribution in [0, 0.1) is 5.92 Å². The molecule has 5 nitrogen and oxygen atoms in total. The fourth-order valence-corrected chi connectivity index (χ4v) is 1.83. The molecule has 0 unspecified atom stereocenters. The van der Waals surface area contributed by atoms with E-state index in [0.717, 1.165) is 37.8 Å². The number of nitrogens with one attached hydrogen (secondary N) is 1. The van der Waals surface area contributed by atoms with Crippen LogP contribution < -0.4 is 5.32 Å². The number of pyridine rings is 1. The lowest BCUT2D eigenvalue weighted by Gasteiger charge is -2.11. The van der Waals surface area contributed by atoms with Gasteiger partial charge < -0.3 is 15.0 Å². The topological polar surface area (TPSA) is 54.5 Å². The van der Waals surface area contributed by atoms with Crippen molar-refractivity contribution in [1.82, 2.24) is 9.88 Å². The molecular weight excluding hydrogens is 254 g/mol. The van der Waals surface area contributed by atoms with Gasteiger partial charge in [0.1, 0.15) is 5.69 Å². The van der Waals surface area contributed by atoms with Crippen molar-refractivity contribution in [1.29, 1.82) is 0 Å². The van der Waals surface area contributed by atoms with E-state index in [1.54, 1.807) is 26.4 Å². The van der Waals surface area contributed by atoms with E-state index in [-0.39, 0.29) is 5.91 Å². The van der Waals surface area contributed by atoms with Gasteiger partial charge in [-0.3, -0.25) is 9.78 Å². The third-order valence-electron chi connectivity index (χ3n) is 3.23. The average Bonchev–Trinajstić information content (AvgIpc) is 3.26. The summed E-state index contributed by atoms with van der Waals surface area (Å²) in [6, 6.07) is 3.66. The minimum absolute atomic E-state index is 0.0820. The van der Waals surface area contributed by atoms with Crippen LogP contribution in [0.4, 0.5) is 5.69 Å². The summed E-state index contributed by atoms with van der Waals surface area (Å²) in [5.41, 5.74) is 1.39. The summed E-state index contributed by atoms with van der Waals surface area (Å²) < 4.78 is 5.58. The Balaban J connectivity index is 1.69. The highest BCUT2D eigenvalue weighted by molar-refractivity contribution is 5.92. The van der Waals surface area contributed by atoms with Gasteiger partial charge in [-0.15, -0.1) is 0 Å². The molecule has 0 saturated heterocycles. The van der Waals surface area contributed by atoms with Crippen LogP contribution in [-0.4, -0.2) is 49.6 Å². The number of carbonyl (C=O) groups is 1. The van der Waals surface area contributed by atoms with E-state index in [0.29, 0.717) is 5.69 Å². The molecule has 1 N–H and O–H groups in total. The van der Waals surface area contributed by atoms with Crippen LogP contribution in [0.1, 0.15) is 29.8 Å². The molecule has 0 aromatic carbocycles. The number of amides is 1. The van der Waals surface area contributed by atoms with Gasteiger partial charge in [0.25, 0.3) is 5.91 Å². The zero-order valence-corrected chi connectivity index (χ0v) is 12.3. The van der Waals surface area contributed by atoms with Crippen molar-refractivity contribution in [2.24, 2.45) is 5.92 Å². The van der Waals surface area contributed by atoms with Crippen molar-refractivity contribution < 1.29 is 9.53 Å². The van der Waals surface area contributed by atoms with E-state index in [1.165, 1.54) is 17.7 Å². The molecule has 0 radical (unpaired) electrons. The maximum Gasteiger partial charge on any atom is 0.272 e. The van der Waals surface area contributed by atoms with Crippen molar-refractivity contribution in [2.75, 3.05) is 39.2 Å². The fourth-order valence-electron chi connectivity index (χ4n) is 1.83. The molecule has 0 spiro atoms. The third-order valence-corrected chi connectivity index (χ3v) is 3.23. The maximum absolute atomic E-state index is 11.8. The Morgan fingerprint density at radius 1 is 1.50 bits per heavy atom. The zero-order chi connectivity index (χ0) is 14.4. The van der Waals surface area contributed by atoms with Crippen molar-refractivity contribution >= 4 is 11.6 Å². The number of aromatic nitrogens is 1. The van der Waals surface area contributed by atoms with Crippen LogP contribution in [0.5, 0.6) is 0 Å². The summed E-state index contributed by atoms with van der Waals surface area (Å²) in [5.74, 6) is 0.740. The van der Waals surface area contributed by atoms with E-state index in [9.17, 15) is 4.79 Å². The van der Waals surface area contributed by atoms with Crippen LogP contribution in [0.3, 0.4) is 0 Å². The Bertz CT molecular complexity index is 444. The predicted octanol–water partition coefficient (Wildman–Crippen LogP) is 2.01. The highest BCUT2D eigenvalue weighted by atomic mass is 16.5. The summed E-state index contributed by atoms with van der Waals surface area (Å²) in [6.45, 7) is 2.54. The molecule has 1 aliphatic carbocycles. The molecule has 1 aromatic rings. The second kappa shape index (κ2) is 7.24. The van der Waals surface area contributed by atoms with Crippen LogP contribution in [0.2, 0.25) is 0 Å². The molecule has 1 aliphatic rings. The number of nitrogens with zero attached hydrogens (tertiary/aromatic N) is 2. The number of hydrogen-bond donors (Lipinski definition) is 1. The summed E-state index contributed by atoms with van der Waals surface area (Å²) in [4.78, 5) is 17.4. The van der Waals surface area contributed by atoms with E-state index in [2.05, 4.69) is 10.3 Å². The molecule has 1 aromatic heterocycles. The number of anilines is 1. The molecule has 1 fully saturated rings. The molecule has 1 amide bonds. The Labute approximate surface area is 120 Å². The first-order valence-electron chi connectivity index (χ1n) is 7.16. The summed E-state index contributed by atoms with van der Waals surface area (Å²) in [5, 5.41) is 3.29.